The molecule has 0 radical (unpaired) electrons. The molecule has 8 nitrogen and oxygen atoms in total. The average Bonchev–Trinajstić information content (AvgIpc) is 3.01. The topological polar surface area (TPSA) is 112 Å². The van der Waals surface area contributed by atoms with E-state index in [4.69, 9.17) is 4.42 Å². The minimum Gasteiger partial charge on any atom is -0.459 e. The van der Waals surface area contributed by atoms with E-state index in [1.54, 1.807) is 13.0 Å². The molecule has 0 aliphatic heterocycles. The molecule has 4 N–H and O–H groups in total. The Labute approximate surface area is 173 Å². The van der Waals surface area contributed by atoms with Crippen molar-refractivity contribution in [2.45, 2.75) is 39.8 Å². The van der Waals surface area contributed by atoms with Crippen molar-refractivity contribution < 1.29 is 18.7 Å². The number of aliphatic hydroxyl groups excluding tert-OH is 1. The number of aromatic nitrogens is 2. The van der Waals surface area contributed by atoms with Crippen LogP contribution in [0.25, 0.3) is 11.0 Å². The summed E-state index contributed by atoms with van der Waals surface area (Å²) in [5, 5.41) is 18.5. The highest BCUT2D eigenvalue weighted by Gasteiger charge is 2.25. The number of amides is 2. The van der Waals surface area contributed by atoms with E-state index in [2.05, 4.69) is 25.9 Å². The number of nitrogens with zero attached hydrogens (tertiary/aromatic N) is 2. The predicted octanol–water partition coefficient (Wildman–Crippen LogP) is 3.98. The number of furan rings is 1. The van der Waals surface area contributed by atoms with Gasteiger partial charge in [0.1, 0.15) is 17.2 Å². The van der Waals surface area contributed by atoms with Crippen molar-refractivity contribution in [3.8, 4) is 0 Å². The SMILES string of the molecule is Cc1c([C@H](NC(=O)Nc2cnc(NC[C@@H](C)O)nc2)C(C)C)oc2ccc(F)cc12. The van der Waals surface area contributed by atoms with Crippen molar-refractivity contribution in [3.63, 3.8) is 0 Å². The minimum atomic E-state index is -0.525. The summed E-state index contributed by atoms with van der Waals surface area (Å²) >= 11 is 0. The molecule has 2 amide bonds. The predicted molar refractivity (Wildman–Crippen MR) is 113 cm³/mol. The number of carbonyl (C=O) groups excluding carboxylic acids is 1. The highest BCUT2D eigenvalue weighted by atomic mass is 19.1. The molecular weight excluding hydrogens is 389 g/mol. The Kier molecular flexibility index (Phi) is 6.51. The Balaban J connectivity index is 1.71. The van der Waals surface area contributed by atoms with Gasteiger partial charge in [-0.2, -0.15) is 0 Å². The van der Waals surface area contributed by atoms with Crippen LogP contribution in [0.1, 0.15) is 38.1 Å². The average molecular weight is 415 g/mol. The van der Waals surface area contributed by atoms with E-state index < -0.39 is 18.2 Å². The van der Waals surface area contributed by atoms with Crippen molar-refractivity contribution in [2.24, 2.45) is 5.92 Å². The zero-order valence-corrected chi connectivity index (χ0v) is 17.4. The summed E-state index contributed by atoms with van der Waals surface area (Å²) in [7, 11) is 0. The lowest BCUT2D eigenvalue weighted by atomic mass is 9.98. The Morgan fingerprint density at radius 3 is 2.57 bits per heavy atom. The molecule has 2 heterocycles. The van der Waals surface area contributed by atoms with Gasteiger partial charge in [0.05, 0.1) is 30.2 Å². The maximum absolute atomic E-state index is 13.6. The first-order valence-electron chi connectivity index (χ1n) is 9.74. The summed E-state index contributed by atoms with van der Waals surface area (Å²) in [6, 6.07) is 3.52. The monoisotopic (exact) mass is 415 g/mol. The van der Waals surface area contributed by atoms with Crippen molar-refractivity contribution in [2.75, 3.05) is 17.2 Å². The molecule has 160 valence electrons. The van der Waals surface area contributed by atoms with Gasteiger partial charge in [-0.3, -0.25) is 0 Å². The molecule has 0 spiro atoms. The molecule has 0 unspecified atom stereocenters. The van der Waals surface area contributed by atoms with E-state index in [9.17, 15) is 14.3 Å². The number of benzene rings is 1. The summed E-state index contributed by atoms with van der Waals surface area (Å²) < 4.78 is 19.5. The summed E-state index contributed by atoms with van der Waals surface area (Å²) in [5.41, 5.74) is 1.78. The van der Waals surface area contributed by atoms with Gasteiger partial charge in [0.25, 0.3) is 0 Å². The number of fused-ring (bicyclic) bond motifs is 1. The van der Waals surface area contributed by atoms with Crippen LogP contribution < -0.4 is 16.0 Å². The van der Waals surface area contributed by atoms with Gasteiger partial charge in [0.15, 0.2) is 0 Å². The fourth-order valence-corrected chi connectivity index (χ4v) is 3.07. The number of urea groups is 1. The normalized spacial score (nSPS) is 13.3. The highest BCUT2D eigenvalue weighted by Crippen LogP contribution is 2.33. The zero-order chi connectivity index (χ0) is 21.8. The van der Waals surface area contributed by atoms with Crippen molar-refractivity contribution in [1.29, 1.82) is 0 Å². The molecule has 0 saturated heterocycles. The van der Waals surface area contributed by atoms with E-state index in [1.807, 2.05) is 20.8 Å². The van der Waals surface area contributed by atoms with Crippen LogP contribution in [-0.2, 0) is 0 Å². The molecular formula is C21H26FN5O3. The first-order chi connectivity index (χ1) is 14.2. The Morgan fingerprint density at radius 2 is 1.93 bits per heavy atom. The molecule has 0 aliphatic rings. The molecule has 9 heteroatoms. The van der Waals surface area contributed by atoms with E-state index in [0.29, 0.717) is 34.9 Å². The third-order valence-corrected chi connectivity index (χ3v) is 4.64. The number of carbonyl (C=O) groups is 1. The van der Waals surface area contributed by atoms with Crippen LogP contribution in [0, 0.1) is 18.7 Å². The fraction of sp³-hybridized carbons (Fsp3) is 0.381. The quantitative estimate of drug-likeness (QED) is 0.464. The van der Waals surface area contributed by atoms with Gasteiger partial charge < -0.3 is 25.5 Å². The van der Waals surface area contributed by atoms with Gasteiger partial charge in [0.2, 0.25) is 5.95 Å². The van der Waals surface area contributed by atoms with E-state index in [1.165, 1.54) is 24.5 Å². The maximum atomic E-state index is 13.6. The van der Waals surface area contributed by atoms with E-state index in [0.717, 1.165) is 5.56 Å². The van der Waals surface area contributed by atoms with Gasteiger partial charge in [-0.15, -0.1) is 0 Å². The first-order valence-corrected chi connectivity index (χ1v) is 9.74. The van der Waals surface area contributed by atoms with Gasteiger partial charge in [-0.05, 0) is 38.0 Å². The molecule has 0 saturated carbocycles. The molecule has 0 bridgehead atoms. The Hall–Kier alpha value is -3.20. The third-order valence-electron chi connectivity index (χ3n) is 4.64. The number of hydrogen-bond acceptors (Lipinski definition) is 6. The second-order valence-corrected chi connectivity index (χ2v) is 7.58. The zero-order valence-electron chi connectivity index (χ0n) is 17.4. The highest BCUT2D eigenvalue weighted by molar-refractivity contribution is 5.89. The number of anilines is 2. The van der Waals surface area contributed by atoms with Gasteiger partial charge >= 0.3 is 6.03 Å². The number of nitrogens with one attached hydrogen (secondary N) is 3. The fourth-order valence-electron chi connectivity index (χ4n) is 3.07. The lowest BCUT2D eigenvalue weighted by Crippen LogP contribution is -2.35. The van der Waals surface area contributed by atoms with Crippen LogP contribution in [0.5, 0.6) is 0 Å². The Bertz CT molecular complexity index is 1020. The molecule has 2 atom stereocenters. The smallest absolute Gasteiger partial charge is 0.319 e. The van der Waals surface area contributed by atoms with Crippen LogP contribution in [0.3, 0.4) is 0 Å². The molecule has 0 fully saturated rings. The molecule has 0 aliphatic carbocycles. The second kappa shape index (κ2) is 9.08. The van der Waals surface area contributed by atoms with Crippen molar-refractivity contribution >= 4 is 28.6 Å². The third kappa shape index (κ3) is 5.04. The van der Waals surface area contributed by atoms with Gasteiger partial charge in [-0.1, -0.05) is 13.8 Å². The van der Waals surface area contributed by atoms with Crippen molar-refractivity contribution in [1.82, 2.24) is 15.3 Å². The number of rotatable bonds is 7. The number of hydrogen-bond donors (Lipinski definition) is 4. The van der Waals surface area contributed by atoms with Crippen LogP contribution >= 0.6 is 0 Å². The van der Waals surface area contributed by atoms with Gasteiger partial charge in [-0.25, -0.2) is 19.2 Å². The molecule has 1 aromatic carbocycles. The van der Waals surface area contributed by atoms with Crippen LogP contribution in [0.2, 0.25) is 0 Å². The number of aliphatic hydroxyl groups is 1. The minimum absolute atomic E-state index is 0.0307. The second-order valence-electron chi connectivity index (χ2n) is 7.58. The largest absolute Gasteiger partial charge is 0.459 e. The first kappa shape index (κ1) is 21.5. The molecule has 3 aromatic rings. The van der Waals surface area contributed by atoms with Crippen LogP contribution in [-0.4, -0.2) is 33.8 Å². The Morgan fingerprint density at radius 1 is 1.23 bits per heavy atom. The summed E-state index contributed by atoms with van der Waals surface area (Å²) in [4.78, 5) is 20.7. The van der Waals surface area contributed by atoms with Gasteiger partial charge in [0, 0.05) is 17.5 Å². The van der Waals surface area contributed by atoms with E-state index in [-0.39, 0.29) is 11.7 Å². The summed E-state index contributed by atoms with van der Waals surface area (Å²) in [5.74, 6) is 0.640. The van der Waals surface area contributed by atoms with E-state index >= 15 is 0 Å². The van der Waals surface area contributed by atoms with Crippen LogP contribution in [0.15, 0.2) is 35.0 Å². The number of aryl methyl sites for hydroxylation is 1. The maximum Gasteiger partial charge on any atom is 0.319 e. The standard InChI is InChI=1S/C21H26FN5O3/c1-11(2)18(19-13(4)16-7-14(22)5-6-17(16)30-19)27-21(29)26-15-9-24-20(25-10-15)23-8-12(3)28/h5-7,9-12,18,28H,8H2,1-4H3,(H,23,24,25)(H2,26,27,29)/t12-,18-/m1/s1. The van der Waals surface area contributed by atoms with Crippen molar-refractivity contribution in [3.05, 3.63) is 47.7 Å². The van der Waals surface area contributed by atoms with Crippen LogP contribution in [0.4, 0.5) is 20.8 Å². The molecule has 2 aromatic heterocycles. The molecule has 3 rings (SSSR count). The molecule has 30 heavy (non-hydrogen) atoms. The summed E-state index contributed by atoms with van der Waals surface area (Å²) in [6.45, 7) is 7.75. The number of halogens is 1. The summed E-state index contributed by atoms with van der Waals surface area (Å²) in [6.07, 6.45) is 2.41. The lowest BCUT2D eigenvalue weighted by molar-refractivity contribution is 0.208. The lowest BCUT2D eigenvalue weighted by Gasteiger charge is -2.21.